The molecule has 132 valence electrons. The Hall–Kier alpha value is -3.41. The molecule has 0 atom stereocenters. The van der Waals surface area contributed by atoms with E-state index in [-0.39, 0.29) is 23.2 Å². The minimum Gasteiger partial charge on any atom is -0.361 e. The fourth-order valence-corrected chi connectivity index (χ4v) is 2.68. The third kappa shape index (κ3) is 3.97. The Kier molecular flexibility index (Phi) is 5.43. The first-order valence-electron chi connectivity index (χ1n) is 8.38. The molecule has 2 amide bonds. The zero-order valence-corrected chi connectivity index (χ0v) is 14.3. The molecule has 0 aliphatic carbocycles. The van der Waals surface area contributed by atoms with E-state index in [1.165, 1.54) is 0 Å². The van der Waals surface area contributed by atoms with Gasteiger partial charge < -0.3 is 15.6 Å². The van der Waals surface area contributed by atoms with Gasteiger partial charge in [0.15, 0.2) is 0 Å². The number of fused-ring (bicyclic) bond motifs is 1. The highest BCUT2D eigenvalue weighted by Gasteiger charge is 2.12. The van der Waals surface area contributed by atoms with Crippen molar-refractivity contribution in [1.29, 1.82) is 0 Å². The summed E-state index contributed by atoms with van der Waals surface area (Å²) in [6, 6.07) is 12.8. The van der Waals surface area contributed by atoms with Crippen LogP contribution in [0.3, 0.4) is 0 Å². The van der Waals surface area contributed by atoms with Gasteiger partial charge >= 0.3 is 0 Å². The summed E-state index contributed by atoms with van der Waals surface area (Å²) in [5.41, 5.74) is 2.64. The lowest BCUT2D eigenvalue weighted by Gasteiger charge is -2.06. The van der Waals surface area contributed by atoms with Crippen molar-refractivity contribution in [3.8, 4) is 0 Å². The summed E-state index contributed by atoms with van der Waals surface area (Å²) >= 11 is 0. The van der Waals surface area contributed by atoms with Crippen LogP contribution >= 0.6 is 0 Å². The number of hydrogen-bond donors (Lipinski definition) is 3. The van der Waals surface area contributed by atoms with Crippen LogP contribution in [0.15, 0.2) is 61.3 Å². The van der Waals surface area contributed by atoms with Crippen molar-refractivity contribution in [3.63, 3.8) is 0 Å². The number of para-hydroxylation sites is 1. The van der Waals surface area contributed by atoms with Crippen molar-refractivity contribution < 1.29 is 9.59 Å². The summed E-state index contributed by atoms with van der Waals surface area (Å²) in [6.45, 7) is 4.37. The van der Waals surface area contributed by atoms with Crippen molar-refractivity contribution in [3.05, 3.63) is 78.3 Å². The van der Waals surface area contributed by atoms with Crippen LogP contribution in [0.5, 0.6) is 0 Å². The molecule has 3 N–H and O–H groups in total. The van der Waals surface area contributed by atoms with Crippen molar-refractivity contribution in [2.24, 2.45) is 0 Å². The van der Waals surface area contributed by atoms with Crippen LogP contribution in [0.1, 0.15) is 26.5 Å². The van der Waals surface area contributed by atoms with Crippen LogP contribution in [0.4, 0.5) is 0 Å². The van der Waals surface area contributed by atoms with E-state index >= 15 is 0 Å². The van der Waals surface area contributed by atoms with Gasteiger partial charge in [-0.2, -0.15) is 0 Å². The molecule has 2 heterocycles. The topological polar surface area (TPSA) is 86.9 Å². The third-order valence-corrected chi connectivity index (χ3v) is 3.98. The van der Waals surface area contributed by atoms with E-state index in [4.69, 9.17) is 0 Å². The molecule has 0 unspecified atom stereocenters. The van der Waals surface area contributed by atoms with Gasteiger partial charge in [-0.25, -0.2) is 4.98 Å². The zero-order chi connectivity index (χ0) is 18.4. The lowest BCUT2D eigenvalue weighted by atomic mass is 10.1. The maximum Gasteiger partial charge on any atom is 0.270 e. The number of benzene rings is 1. The molecule has 0 spiro atoms. The quantitative estimate of drug-likeness (QED) is 0.573. The highest BCUT2D eigenvalue weighted by molar-refractivity contribution is 5.96. The lowest BCUT2D eigenvalue weighted by molar-refractivity contribution is 0.0946. The maximum atomic E-state index is 12.3. The van der Waals surface area contributed by atoms with Gasteiger partial charge in [-0.05, 0) is 30.2 Å². The van der Waals surface area contributed by atoms with Gasteiger partial charge in [0.05, 0.1) is 0 Å². The normalized spacial score (nSPS) is 10.5. The van der Waals surface area contributed by atoms with Gasteiger partial charge in [0, 0.05) is 30.2 Å². The molecule has 0 saturated carbocycles. The van der Waals surface area contributed by atoms with Gasteiger partial charge in [0.1, 0.15) is 11.4 Å². The molecule has 6 heteroatoms. The Bertz CT molecular complexity index is 946. The standard InChI is InChI=1S/C20H20N4O2/c1-2-11-21-19(25)17-8-5-9-18(24-17)20(26)22-12-10-14-13-23-16-7-4-3-6-15(14)16/h2-9,13,23H,1,10-12H2,(H,21,25)(H,22,26). The van der Waals surface area contributed by atoms with Gasteiger partial charge in [-0.1, -0.05) is 30.3 Å². The minimum absolute atomic E-state index is 0.205. The molecule has 0 aliphatic rings. The van der Waals surface area contributed by atoms with E-state index in [0.717, 1.165) is 16.5 Å². The highest BCUT2D eigenvalue weighted by Crippen LogP contribution is 2.17. The molecule has 26 heavy (non-hydrogen) atoms. The number of nitrogens with zero attached hydrogens (tertiary/aromatic N) is 1. The molecule has 0 radical (unpaired) electrons. The van der Waals surface area contributed by atoms with Gasteiger partial charge in [-0.3, -0.25) is 9.59 Å². The monoisotopic (exact) mass is 348 g/mol. The average Bonchev–Trinajstić information content (AvgIpc) is 3.09. The molecule has 0 bridgehead atoms. The predicted octanol–water partition coefficient (Wildman–Crippen LogP) is 2.45. The largest absolute Gasteiger partial charge is 0.361 e. The fourth-order valence-electron chi connectivity index (χ4n) is 2.68. The molecule has 6 nitrogen and oxygen atoms in total. The van der Waals surface area contributed by atoms with Crippen LogP contribution < -0.4 is 10.6 Å². The van der Waals surface area contributed by atoms with Gasteiger partial charge in [-0.15, -0.1) is 6.58 Å². The molecule has 0 aliphatic heterocycles. The summed E-state index contributed by atoms with van der Waals surface area (Å²) in [6.07, 6.45) is 4.24. The Morgan fingerprint density at radius 1 is 1.04 bits per heavy atom. The average molecular weight is 348 g/mol. The molecule has 0 fully saturated rings. The van der Waals surface area contributed by atoms with Gasteiger partial charge in [0.2, 0.25) is 0 Å². The molecule has 2 aromatic heterocycles. The summed E-state index contributed by atoms with van der Waals surface area (Å²) in [5, 5.41) is 6.64. The first-order valence-corrected chi connectivity index (χ1v) is 8.38. The van der Waals surface area contributed by atoms with Crippen LogP contribution in [-0.2, 0) is 6.42 Å². The number of carbonyl (C=O) groups excluding carboxylic acids is 2. The zero-order valence-electron chi connectivity index (χ0n) is 14.3. The first kappa shape index (κ1) is 17.4. The number of pyridine rings is 1. The van der Waals surface area contributed by atoms with E-state index in [0.29, 0.717) is 19.5 Å². The number of aromatic amines is 1. The number of rotatable bonds is 7. The van der Waals surface area contributed by atoms with Crippen molar-refractivity contribution in [2.45, 2.75) is 6.42 Å². The number of amides is 2. The van der Waals surface area contributed by atoms with Crippen LogP contribution in [-0.4, -0.2) is 34.9 Å². The SMILES string of the molecule is C=CCNC(=O)c1cccc(C(=O)NCCc2c[nH]c3ccccc23)n1. The number of hydrogen-bond acceptors (Lipinski definition) is 3. The Balaban J connectivity index is 1.60. The second-order valence-electron chi connectivity index (χ2n) is 5.77. The van der Waals surface area contributed by atoms with Gasteiger partial charge in [0.25, 0.3) is 11.8 Å². The maximum absolute atomic E-state index is 12.3. The number of nitrogens with one attached hydrogen (secondary N) is 3. The summed E-state index contributed by atoms with van der Waals surface area (Å²) in [4.78, 5) is 31.6. The predicted molar refractivity (Wildman–Crippen MR) is 101 cm³/mol. The molecular weight excluding hydrogens is 328 g/mol. The Morgan fingerprint density at radius 2 is 1.77 bits per heavy atom. The fraction of sp³-hybridized carbons (Fsp3) is 0.150. The number of carbonyl (C=O) groups is 2. The molecule has 3 aromatic rings. The summed E-state index contributed by atoms with van der Waals surface area (Å²) in [7, 11) is 0. The van der Waals surface area contributed by atoms with Crippen molar-refractivity contribution in [2.75, 3.05) is 13.1 Å². The number of H-pyrrole nitrogens is 1. The number of aromatic nitrogens is 2. The Morgan fingerprint density at radius 3 is 2.54 bits per heavy atom. The second-order valence-corrected chi connectivity index (χ2v) is 5.77. The third-order valence-electron chi connectivity index (χ3n) is 3.98. The second kappa shape index (κ2) is 8.11. The Labute approximate surface area is 151 Å². The lowest BCUT2D eigenvalue weighted by Crippen LogP contribution is -2.28. The van der Waals surface area contributed by atoms with E-state index in [9.17, 15) is 9.59 Å². The smallest absolute Gasteiger partial charge is 0.270 e. The summed E-state index contributed by atoms with van der Waals surface area (Å²) in [5.74, 6) is -0.637. The van der Waals surface area contributed by atoms with E-state index in [1.807, 2.05) is 24.4 Å². The van der Waals surface area contributed by atoms with E-state index in [2.05, 4.69) is 33.2 Å². The van der Waals surface area contributed by atoms with Crippen molar-refractivity contribution >= 4 is 22.7 Å². The highest BCUT2D eigenvalue weighted by atomic mass is 16.2. The molecule has 1 aromatic carbocycles. The first-order chi connectivity index (χ1) is 12.7. The molecular formula is C20H20N4O2. The summed E-state index contributed by atoms with van der Waals surface area (Å²) < 4.78 is 0. The van der Waals surface area contributed by atoms with E-state index in [1.54, 1.807) is 24.3 Å². The van der Waals surface area contributed by atoms with Crippen LogP contribution in [0, 0.1) is 0 Å². The molecule has 3 rings (SSSR count). The molecule has 0 saturated heterocycles. The minimum atomic E-state index is -0.335. The van der Waals surface area contributed by atoms with E-state index < -0.39 is 0 Å². The van der Waals surface area contributed by atoms with Crippen LogP contribution in [0.2, 0.25) is 0 Å². The van der Waals surface area contributed by atoms with Crippen LogP contribution in [0.25, 0.3) is 10.9 Å². The van der Waals surface area contributed by atoms with Crippen molar-refractivity contribution in [1.82, 2.24) is 20.6 Å².